The van der Waals surface area contributed by atoms with Crippen molar-refractivity contribution >= 4 is 28.3 Å². The number of anilines is 1. The van der Waals surface area contributed by atoms with E-state index < -0.39 is 23.8 Å². The topological polar surface area (TPSA) is 64.6 Å². The zero-order valence-corrected chi connectivity index (χ0v) is 14.9. The van der Waals surface area contributed by atoms with Gasteiger partial charge in [0.1, 0.15) is 11.6 Å². The van der Waals surface area contributed by atoms with Gasteiger partial charge in [-0.1, -0.05) is 30.3 Å². The quantitative estimate of drug-likeness (QED) is 0.688. The first-order chi connectivity index (χ1) is 13.0. The molecule has 1 amide bonds. The minimum Gasteiger partial charge on any atom is -0.496 e. The van der Waals surface area contributed by atoms with E-state index in [1.54, 1.807) is 37.4 Å². The number of esters is 1. The van der Waals surface area contributed by atoms with Crippen LogP contribution in [0.4, 0.5) is 10.1 Å². The highest BCUT2D eigenvalue weighted by Crippen LogP contribution is 2.29. The predicted molar refractivity (Wildman–Crippen MR) is 100 cm³/mol. The number of carbonyl (C=O) groups is 2. The highest BCUT2D eigenvalue weighted by molar-refractivity contribution is 6.07. The molecule has 0 saturated heterocycles. The van der Waals surface area contributed by atoms with Crippen molar-refractivity contribution < 1.29 is 23.5 Å². The Morgan fingerprint density at radius 3 is 2.44 bits per heavy atom. The molecule has 27 heavy (non-hydrogen) atoms. The normalized spacial score (nSPS) is 11.7. The Morgan fingerprint density at radius 2 is 1.74 bits per heavy atom. The molecule has 0 heterocycles. The van der Waals surface area contributed by atoms with Gasteiger partial charge in [-0.15, -0.1) is 0 Å². The van der Waals surface area contributed by atoms with E-state index in [1.165, 1.54) is 25.1 Å². The summed E-state index contributed by atoms with van der Waals surface area (Å²) in [6.45, 7) is 1.46. The SMILES string of the molecule is COc1ccc(C(=O)O[C@@H](C)C(=O)Nc2cccc(F)c2)c2ccccc12. The smallest absolute Gasteiger partial charge is 0.339 e. The molecule has 0 saturated carbocycles. The van der Waals surface area contributed by atoms with E-state index in [2.05, 4.69) is 5.32 Å². The third-order valence-corrected chi connectivity index (χ3v) is 4.07. The fourth-order valence-corrected chi connectivity index (χ4v) is 2.72. The minimum atomic E-state index is -1.05. The summed E-state index contributed by atoms with van der Waals surface area (Å²) in [5.41, 5.74) is 0.620. The van der Waals surface area contributed by atoms with Crippen LogP contribution in [0.3, 0.4) is 0 Å². The standard InChI is InChI=1S/C21H18FNO4/c1-13(20(24)23-15-7-5-6-14(22)12-15)27-21(25)18-10-11-19(26-2)17-9-4-3-8-16(17)18/h3-13H,1-2H3,(H,23,24)/t13-/m0/s1. The van der Waals surface area contributed by atoms with Gasteiger partial charge in [0, 0.05) is 11.1 Å². The number of hydrogen-bond donors (Lipinski definition) is 1. The Hall–Kier alpha value is -3.41. The van der Waals surface area contributed by atoms with Crippen molar-refractivity contribution in [3.05, 3.63) is 72.0 Å². The molecular weight excluding hydrogens is 349 g/mol. The van der Waals surface area contributed by atoms with Crippen molar-refractivity contribution in [3.63, 3.8) is 0 Å². The summed E-state index contributed by atoms with van der Waals surface area (Å²) in [5, 5.41) is 3.95. The molecule has 5 nitrogen and oxygen atoms in total. The van der Waals surface area contributed by atoms with Crippen molar-refractivity contribution in [3.8, 4) is 5.75 Å². The van der Waals surface area contributed by atoms with E-state index in [9.17, 15) is 14.0 Å². The molecule has 6 heteroatoms. The van der Waals surface area contributed by atoms with Gasteiger partial charge in [-0.25, -0.2) is 9.18 Å². The fraction of sp³-hybridized carbons (Fsp3) is 0.143. The monoisotopic (exact) mass is 367 g/mol. The lowest BCUT2D eigenvalue weighted by atomic mass is 10.0. The van der Waals surface area contributed by atoms with Crippen molar-refractivity contribution in [2.24, 2.45) is 0 Å². The molecule has 3 aromatic rings. The number of hydrogen-bond acceptors (Lipinski definition) is 4. The van der Waals surface area contributed by atoms with Crippen molar-refractivity contribution in [2.75, 3.05) is 12.4 Å². The summed E-state index contributed by atoms with van der Waals surface area (Å²) in [7, 11) is 1.55. The average Bonchev–Trinajstić information content (AvgIpc) is 2.67. The lowest BCUT2D eigenvalue weighted by molar-refractivity contribution is -0.123. The molecule has 0 aliphatic rings. The molecule has 0 fully saturated rings. The second-order valence-electron chi connectivity index (χ2n) is 5.91. The van der Waals surface area contributed by atoms with Crippen LogP contribution in [0.2, 0.25) is 0 Å². The zero-order valence-electron chi connectivity index (χ0n) is 14.9. The number of nitrogens with one attached hydrogen (secondary N) is 1. The second kappa shape index (κ2) is 7.86. The Labute approximate surface area is 155 Å². The first-order valence-electron chi connectivity index (χ1n) is 8.32. The van der Waals surface area contributed by atoms with Gasteiger partial charge in [0.15, 0.2) is 6.10 Å². The maximum absolute atomic E-state index is 13.2. The molecule has 0 unspecified atom stereocenters. The van der Waals surface area contributed by atoms with Gasteiger partial charge in [0.2, 0.25) is 0 Å². The Bertz CT molecular complexity index is 1000. The lowest BCUT2D eigenvalue weighted by Gasteiger charge is -2.15. The maximum atomic E-state index is 13.2. The third-order valence-electron chi connectivity index (χ3n) is 4.07. The van der Waals surface area contributed by atoms with Gasteiger partial charge in [-0.05, 0) is 42.6 Å². The first kappa shape index (κ1) is 18.4. The number of benzene rings is 3. The summed E-state index contributed by atoms with van der Waals surface area (Å²) >= 11 is 0. The van der Waals surface area contributed by atoms with Crippen molar-refractivity contribution in [1.82, 2.24) is 0 Å². The van der Waals surface area contributed by atoms with Gasteiger partial charge in [-0.3, -0.25) is 4.79 Å². The molecule has 0 spiro atoms. The number of carbonyl (C=O) groups excluding carboxylic acids is 2. The largest absolute Gasteiger partial charge is 0.496 e. The van der Waals surface area contributed by atoms with Gasteiger partial charge < -0.3 is 14.8 Å². The van der Waals surface area contributed by atoms with Crippen LogP contribution in [0, 0.1) is 5.82 Å². The lowest BCUT2D eigenvalue weighted by Crippen LogP contribution is -2.30. The van der Waals surface area contributed by atoms with Gasteiger partial charge in [0.05, 0.1) is 12.7 Å². The number of methoxy groups -OCH3 is 1. The van der Waals surface area contributed by atoms with Gasteiger partial charge in [0.25, 0.3) is 5.91 Å². The molecule has 1 atom stereocenters. The Morgan fingerprint density at radius 1 is 1.00 bits per heavy atom. The van der Waals surface area contributed by atoms with Crippen LogP contribution in [0.15, 0.2) is 60.7 Å². The van der Waals surface area contributed by atoms with E-state index in [1.807, 2.05) is 12.1 Å². The summed E-state index contributed by atoms with van der Waals surface area (Å²) in [4.78, 5) is 24.8. The van der Waals surface area contributed by atoms with Crippen LogP contribution in [-0.2, 0) is 9.53 Å². The van der Waals surface area contributed by atoms with E-state index in [-0.39, 0.29) is 5.69 Å². The summed E-state index contributed by atoms with van der Waals surface area (Å²) < 4.78 is 23.8. The number of rotatable bonds is 5. The van der Waals surface area contributed by atoms with E-state index in [0.717, 1.165) is 5.39 Å². The molecule has 0 aliphatic heterocycles. The zero-order chi connectivity index (χ0) is 19.4. The number of amides is 1. The van der Waals surface area contributed by atoms with Crippen LogP contribution in [0.25, 0.3) is 10.8 Å². The van der Waals surface area contributed by atoms with Gasteiger partial charge >= 0.3 is 5.97 Å². The van der Waals surface area contributed by atoms with Crippen LogP contribution in [0.1, 0.15) is 17.3 Å². The maximum Gasteiger partial charge on any atom is 0.339 e. The summed E-state index contributed by atoms with van der Waals surface area (Å²) in [6.07, 6.45) is -1.05. The molecular formula is C21H18FNO4. The number of fused-ring (bicyclic) bond motifs is 1. The van der Waals surface area contributed by atoms with Crippen LogP contribution in [-0.4, -0.2) is 25.1 Å². The van der Waals surface area contributed by atoms with Crippen LogP contribution in [0.5, 0.6) is 5.75 Å². The molecule has 0 bridgehead atoms. The number of ether oxygens (including phenoxy) is 2. The Kier molecular flexibility index (Phi) is 5.35. The predicted octanol–water partition coefficient (Wildman–Crippen LogP) is 4.17. The van der Waals surface area contributed by atoms with Crippen LogP contribution < -0.4 is 10.1 Å². The first-order valence-corrected chi connectivity index (χ1v) is 8.32. The van der Waals surface area contributed by atoms with Crippen molar-refractivity contribution in [1.29, 1.82) is 0 Å². The van der Waals surface area contributed by atoms with Gasteiger partial charge in [-0.2, -0.15) is 0 Å². The molecule has 0 aliphatic carbocycles. The van der Waals surface area contributed by atoms with E-state index in [0.29, 0.717) is 16.7 Å². The molecule has 138 valence electrons. The minimum absolute atomic E-state index is 0.290. The summed E-state index contributed by atoms with van der Waals surface area (Å²) in [6, 6.07) is 16.0. The highest BCUT2D eigenvalue weighted by Gasteiger charge is 2.21. The highest BCUT2D eigenvalue weighted by atomic mass is 19.1. The van der Waals surface area contributed by atoms with E-state index in [4.69, 9.17) is 9.47 Å². The fourth-order valence-electron chi connectivity index (χ4n) is 2.72. The number of halogens is 1. The molecule has 3 rings (SSSR count). The molecule has 0 radical (unpaired) electrons. The molecule has 3 aromatic carbocycles. The molecule has 0 aromatic heterocycles. The van der Waals surface area contributed by atoms with Crippen molar-refractivity contribution in [2.45, 2.75) is 13.0 Å². The van der Waals surface area contributed by atoms with Crippen LogP contribution >= 0.6 is 0 Å². The molecule has 1 N–H and O–H groups in total. The summed E-state index contributed by atoms with van der Waals surface area (Å²) in [5.74, 6) is -1.01. The second-order valence-corrected chi connectivity index (χ2v) is 5.91. The Balaban J connectivity index is 1.77. The average molecular weight is 367 g/mol. The third kappa shape index (κ3) is 4.06. The van der Waals surface area contributed by atoms with E-state index >= 15 is 0 Å².